The number of rotatable bonds is 6. The molecule has 0 N–H and O–H groups in total. The molecule has 9 rings (SSSR count). The second kappa shape index (κ2) is 11.8. The molecule has 1 heterocycles. The summed E-state index contributed by atoms with van der Waals surface area (Å²) in [5, 5.41) is 4.95. The van der Waals surface area contributed by atoms with Crippen molar-refractivity contribution in [3.63, 3.8) is 0 Å². The lowest BCUT2D eigenvalue weighted by Gasteiger charge is -2.27. The Morgan fingerprint density at radius 2 is 0.854 bits per heavy atom. The largest absolute Gasteiger partial charge is 0.310 e. The maximum Gasteiger partial charge on any atom is 0.0548 e. The zero-order valence-electron chi connectivity index (χ0n) is 26.4. The van der Waals surface area contributed by atoms with E-state index in [0.717, 1.165) is 22.7 Å². The summed E-state index contributed by atoms with van der Waals surface area (Å²) in [6, 6.07) is 69.8. The van der Waals surface area contributed by atoms with Gasteiger partial charge in [-0.1, -0.05) is 140 Å². The van der Waals surface area contributed by atoms with Crippen LogP contribution in [-0.2, 0) is 0 Å². The van der Waals surface area contributed by atoms with Crippen LogP contribution in [0.25, 0.3) is 60.5 Å². The summed E-state index contributed by atoms with van der Waals surface area (Å²) in [5.74, 6) is 0. The van der Waals surface area contributed by atoms with Gasteiger partial charge in [0.2, 0.25) is 0 Å². The van der Waals surface area contributed by atoms with Crippen LogP contribution in [0.15, 0.2) is 194 Å². The molecule has 48 heavy (non-hydrogen) atoms. The Kier molecular flexibility index (Phi) is 6.84. The molecule has 2 heteroatoms. The maximum atomic E-state index is 2.42. The fraction of sp³-hybridized carbons (Fsp3) is 0. The average Bonchev–Trinajstić information content (AvgIpc) is 3.51. The number of hydrogen-bond donors (Lipinski definition) is 0. The van der Waals surface area contributed by atoms with Crippen LogP contribution in [0.5, 0.6) is 0 Å². The van der Waals surface area contributed by atoms with Crippen LogP contribution in [0.2, 0.25) is 0 Å². The minimum Gasteiger partial charge on any atom is -0.310 e. The molecular weight excluding hydrogens is 581 g/mol. The minimum absolute atomic E-state index is 1.11. The Hall–Kier alpha value is -6.38. The van der Waals surface area contributed by atoms with Crippen LogP contribution in [0.1, 0.15) is 0 Å². The molecule has 0 spiro atoms. The summed E-state index contributed by atoms with van der Waals surface area (Å²) in [5.41, 5.74) is 11.7. The van der Waals surface area contributed by atoms with Gasteiger partial charge in [-0.25, -0.2) is 0 Å². The topological polar surface area (TPSA) is 8.17 Å². The van der Waals surface area contributed by atoms with E-state index in [1.165, 1.54) is 54.8 Å². The normalized spacial score (nSPS) is 11.3. The summed E-state index contributed by atoms with van der Waals surface area (Å²) in [6.07, 6.45) is 0. The summed E-state index contributed by atoms with van der Waals surface area (Å²) < 4.78 is 2.40. The molecule has 0 aliphatic rings. The quantitative estimate of drug-likeness (QED) is 0.181. The van der Waals surface area contributed by atoms with Gasteiger partial charge < -0.3 is 9.47 Å². The van der Waals surface area contributed by atoms with Gasteiger partial charge >= 0.3 is 0 Å². The number of aromatic nitrogens is 1. The first-order chi connectivity index (χ1) is 23.8. The Balaban J connectivity index is 1.30. The fourth-order valence-electron chi connectivity index (χ4n) is 7.15. The van der Waals surface area contributed by atoms with Crippen molar-refractivity contribution in [2.45, 2.75) is 0 Å². The zero-order valence-corrected chi connectivity index (χ0v) is 26.4. The predicted octanol–water partition coefficient (Wildman–Crippen LogP) is 12.7. The molecule has 1 aromatic heterocycles. The molecule has 9 aromatic rings. The molecule has 0 aliphatic heterocycles. The molecule has 0 aliphatic carbocycles. The van der Waals surface area contributed by atoms with Gasteiger partial charge in [-0.2, -0.15) is 0 Å². The van der Waals surface area contributed by atoms with Gasteiger partial charge in [0.05, 0.1) is 16.7 Å². The molecule has 0 unspecified atom stereocenters. The van der Waals surface area contributed by atoms with Gasteiger partial charge in [0, 0.05) is 33.2 Å². The van der Waals surface area contributed by atoms with Crippen molar-refractivity contribution in [2.24, 2.45) is 0 Å². The standard InChI is InChI=1S/C46H32N2/c1-4-13-33(14-5-1)35-23-28-39(29-24-35)47(40-30-25-36(26-31-40)34-15-6-2-7-16-34)43-22-12-17-37-27-32-44-46(45(37)43)41-20-10-11-21-42(41)48(44)38-18-8-3-9-19-38/h1-32H. The van der Waals surface area contributed by atoms with Gasteiger partial charge in [0.1, 0.15) is 0 Å². The monoisotopic (exact) mass is 612 g/mol. The number of para-hydroxylation sites is 2. The van der Waals surface area contributed by atoms with Gasteiger partial charge in [-0.3, -0.25) is 0 Å². The van der Waals surface area contributed by atoms with Crippen molar-refractivity contribution in [2.75, 3.05) is 4.90 Å². The summed E-state index contributed by atoms with van der Waals surface area (Å²) in [7, 11) is 0. The zero-order chi connectivity index (χ0) is 31.9. The first-order valence-electron chi connectivity index (χ1n) is 16.4. The Bertz CT molecular complexity index is 2430. The highest BCUT2D eigenvalue weighted by Crippen LogP contribution is 2.45. The van der Waals surface area contributed by atoms with E-state index >= 15 is 0 Å². The van der Waals surface area contributed by atoms with Crippen molar-refractivity contribution in [3.8, 4) is 27.9 Å². The minimum atomic E-state index is 1.11. The first kappa shape index (κ1) is 27.9. The SMILES string of the molecule is c1ccc(-c2ccc(N(c3ccc(-c4ccccc4)cc3)c3cccc4ccc5c(c6ccccc6n5-c5ccccc5)c34)cc2)cc1. The van der Waals surface area contributed by atoms with Crippen molar-refractivity contribution in [3.05, 3.63) is 194 Å². The van der Waals surface area contributed by atoms with E-state index < -0.39 is 0 Å². The highest BCUT2D eigenvalue weighted by Gasteiger charge is 2.21. The van der Waals surface area contributed by atoms with Crippen LogP contribution in [0.3, 0.4) is 0 Å². The third kappa shape index (κ3) is 4.74. The Morgan fingerprint density at radius 1 is 0.333 bits per heavy atom. The second-order valence-electron chi connectivity index (χ2n) is 12.2. The van der Waals surface area contributed by atoms with Gasteiger partial charge in [0.15, 0.2) is 0 Å². The fourth-order valence-corrected chi connectivity index (χ4v) is 7.15. The third-order valence-corrected chi connectivity index (χ3v) is 9.38. The number of anilines is 3. The number of hydrogen-bond acceptors (Lipinski definition) is 1. The van der Waals surface area contributed by atoms with E-state index in [2.05, 4.69) is 204 Å². The molecule has 226 valence electrons. The number of fused-ring (bicyclic) bond motifs is 5. The third-order valence-electron chi connectivity index (χ3n) is 9.38. The van der Waals surface area contributed by atoms with Crippen LogP contribution >= 0.6 is 0 Å². The van der Waals surface area contributed by atoms with Crippen LogP contribution in [0.4, 0.5) is 17.1 Å². The number of benzene rings is 8. The molecule has 0 bridgehead atoms. The molecule has 0 radical (unpaired) electrons. The molecule has 0 saturated carbocycles. The highest BCUT2D eigenvalue weighted by atomic mass is 15.1. The van der Waals surface area contributed by atoms with E-state index in [0.29, 0.717) is 0 Å². The molecule has 2 nitrogen and oxygen atoms in total. The van der Waals surface area contributed by atoms with Gasteiger partial charge in [-0.05, 0) is 82.2 Å². The predicted molar refractivity (Wildman–Crippen MR) is 204 cm³/mol. The van der Waals surface area contributed by atoms with Crippen molar-refractivity contribution < 1.29 is 0 Å². The second-order valence-corrected chi connectivity index (χ2v) is 12.2. The van der Waals surface area contributed by atoms with Crippen molar-refractivity contribution in [1.82, 2.24) is 4.57 Å². The first-order valence-corrected chi connectivity index (χ1v) is 16.4. The molecule has 8 aromatic carbocycles. The molecular formula is C46H32N2. The van der Waals surface area contributed by atoms with E-state index in [4.69, 9.17) is 0 Å². The van der Waals surface area contributed by atoms with E-state index in [1.807, 2.05) is 0 Å². The van der Waals surface area contributed by atoms with E-state index in [9.17, 15) is 0 Å². The summed E-state index contributed by atoms with van der Waals surface area (Å²) in [4.78, 5) is 2.42. The van der Waals surface area contributed by atoms with Crippen molar-refractivity contribution >= 4 is 49.6 Å². The summed E-state index contributed by atoms with van der Waals surface area (Å²) >= 11 is 0. The van der Waals surface area contributed by atoms with Gasteiger partial charge in [0.25, 0.3) is 0 Å². The Labute approximate surface area is 280 Å². The highest BCUT2D eigenvalue weighted by molar-refractivity contribution is 6.25. The molecule has 0 amide bonds. The number of nitrogens with zero attached hydrogens (tertiary/aromatic N) is 2. The van der Waals surface area contributed by atoms with Crippen LogP contribution in [-0.4, -0.2) is 4.57 Å². The lowest BCUT2D eigenvalue weighted by Crippen LogP contribution is -2.10. The summed E-state index contributed by atoms with van der Waals surface area (Å²) in [6.45, 7) is 0. The molecule has 0 fully saturated rings. The molecule has 0 atom stereocenters. The van der Waals surface area contributed by atoms with Crippen LogP contribution < -0.4 is 4.90 Å². The van der Waals surface area contributed by atoms with Crippen LogP contribution in [0, 0.1) is 0 Å². The lowest BCUT2D eigenvalue weighted by molar-refractivity contribution is 1.18. The Morgan fingerprint density at radius 3 is 1.46 bits per heavy atom. The van der Waals surface area contributed by atoms with Crippen molar-refractivity contribution in [1.29, 1.82) is 0 Å². The maximum absolute atomic E-state index is 2.42. The lowest BCUT2D eigenvalue weighted by atomic mass is 9.99. The molecule has 0 saturated heterocycles. The van der Waals surface area contributed by atoms with E-state index in [-0.39, 0.29) is 0 Å². The van der Waals surface area contributed by atoms with Gasteiger partial charge in [-0.15, -0.1) is 0 Å². The average molecular weight is 613 g/mol. The smallest absolute Gasteiger partial charge is 0.0548 e. The van der Waals surface area contributed by atoms with E-state index in [1.54, 1.807) is 0 Å².